The first kappa shape index (κ1) is 13.9. The number of hydrogen-bond acceptors (Lipinski definition) is 3. The van der Waals surface area contributed by atoms with Gasteiger partial charge < -0.3 is 10.2 Å². The fourth-order valence-corrected chi connectivity index (χ4v) is 4.08. The van der Waals surface area contributed by atoms with Crippen molar-refractivity contribution < 1.29 is 0 Å². The lowest BCUT2D eigenvalue weighted by Crippen LogP contribution is -2.47. The van der Waals surface area contributed by atoms with Crippen molar-refractivity contribution in [2.24, 2.45) is 5.92 Å². The Kier molecular flexibility index (Phi) is 4.25. The topological polar surface area (TPSA) is 28.2 Å². The molecular weight excluding hydrogens is 246 g/mol. The molecule has 3 nitrogen and oxygen atoms in total. The van der Waals surface area contributed by atoms with Crippen molar-refractivity contribution in [2.45, 2.75) is 58.0 Å². The first-order chi connectivity index (χ1) is 9.78. The molecule has 0 aromatic carbocycles. The molecule has 1 saturated carbocycles. The Labute approximate surface area is 122 Å². The molecule has 0 amide bonds. The van der Waals surface area contributed by atoms with Crippen molar-refractivity contribution in [2.75, 3.05) is 18.5 Å². The van der Waals surface area contributed by atoms with Crippen LogP contribution in [0.4, 0.5) is 5.82 Å². The van der Waals surface area contributed by atoms with Crippen LogP contribution >= 0.6 is 0 Å². The average molecular weight is 273 g/mol. The van der Waals surface area contributed by atoms with Gasteiger partial charge in [-0.3, -0.25) is 0 Å². The highest BCUT2D eigenvalue weighted by molar-refractivity contribution is 5.44. The Hall–Kier alpha value is -1.09. The SMILES string of the molecule is CNCc1cc(C)nc(N2CCC[C@H]3CCCC[C@H]32)c1. The third-order valence-electron chi connectivity index (χ3n) is 4.92. The summed E-state index contributed by atoms with van der Waals surface area (Å²) in [6.45, 7) is 4.24. The van der Waals surface area contributed by atoms with Crippen LogP contribution in [0.25, 0.3) is 0 Å². The Bertz CT molecular complexity index is 456. The van der Waals surface area contributed by atoms with Gasteiger partial charge in [0.15, 0.2) is 0 Å². The summed E-state index contributed by atoms with van der Waals surface area (Å²) in [6.07, 6.45) is 8.38. The standard InChI is InChI=1S/C17H27N3/c1-13-10-14(12-18-2)11-17(19-13)20-9-5-7-15-6-3-4-8-16(15)20/h10-11,15-16,18H,3-9,12H2,1-2H3/t15-,16-/m1/s1. The average Bonchev–Trinajstić information content (AvgIpc) is 2.46. The molecule has 2 atom stereocenters. The second-order valence-electron chi connectivity index (χ2n) is 6.45. The minimum atomic E-state index is 0.745. The Balaban J connectivity index is 1.86. The van der Waals surface area contributed by atoms with Crippen molar-refractivity contribution in [1.82, 2.24) is 10.3 Å². The van der Waals surface area contributed by atoms with Gasteiger partial charge in [0.2, 0.25) is 0 Å². The molecule has 1 N–H and O–H groups in total. The van der Waals surface area contributed by atoms with Gasteiger partial charge in [0.05, 0.1) is 0 Å². The highest BCUT2D eigenvalue weighted by atomic mass is 15.2. The zero-order chi connectivity index (χ0) is 13.9. The van der Waals surface area contributed by atoms with Crippen LogP contribution in [0.15, 0.2) is 12.1 Å². The number of aryl methyl sites for hydroxylation is 1. The van der Waals surface area contributed by atoms with Crippen molar-refractivity contribution in [3.63, 3.8) is 0 Å². The van der Waals surface area contributed by atoms with E-state index in [1.54, 1.807) is 0 Å². The van der Waals surface area contributed by atoms with Crippen molar-refractivity contribution in [3.05, 3.63) is 23.4 Å². The maximum atomic E-state index is 4.83. The van der Waals surface area contributed by atoms with Crippen LogP contribution in [-0.2, 0) is 6.54 Å². The predicted molar refractivity (Wildman–Crippen MR) is 84.1 cm³/mol. The Morgan fingerprint density at radius 1 is 1.20 bits per heavy atom. The maximum Gasteiger partial charge on any atom is 0.129 e. The van der Waals surface area contributed by atoms with Gasteiger partial charge in [-0.05, 0) is 63.3 Å². The molecule has 1 aliphatic carbocycles. The highest BCUT2D eigenvalue weighted by Crippen LogP contribution is 2.37. The molecule has 110 valence electrons. The van der Waals surface area contributed by atoms with Crippen LogP contribution in [0.1, 0.15) is 49.8 Å². The van der Waals surface area contributed by atoms with E-state index in [2.05, 4.69) is 29.3 Å². The summed E-state index contributed by atoms with van der Waals surface area (Å²) in [5.74, 6) is 2.12. The normalized spacial score (nSPS) is 26.4. The largest absolute Gasteiger partial charge is 0.353 e. The summed E-state index contributed by atoms with van der Waals surface area (Å²) in [6, 6.07) is 5.23. The third-order valence-corrected chi connectivity index (χ3v) is 4.92. The van der Waals surface area contributed by atoms with Crippen LogP contribution in [0.2, 0.25) is 0 Å². The molecule has 0 radical (unpaired) electrons. The van der Waals surface area contributed by atoms with Crippen LogP contribution in [0, 0.1) is 12.8 Å². The van der Waals surface area contributed by atoms with E-state index in [0.29, 0.717) is 0 Å². The number of hydrogen-bond donors (Lipinski definition) is 1. The minimum absolute atomic E-state index is 0.745. The Morgan fingerprint density at radius 2 is 2.00 bits per heavy atom. The van der Waals surface area contributed by atoms with Crippen molar-refractivity contribution in [1.29, 1.82) is 0 Å². The van der Waals surface area contributed by atoms with E-state index in [-0.39, 0.29) is 0 Å². The van der Waals surface area contributed by atoms with Crippen molar-refractivity contribution >= 4 is 5.82 Å². The fraction of sp³-hybridized carbons (Fsp3) is 0.706. The van der Waals surface area contributed by atoms with Crippen LogP contribution < -0.4 is 10.2 Å². The molecule has 0 spiro atoms. The smallest absolute Gasteiger partial charge is 0.129 e. The summed E-state index contributed by atoms with van der Waals surface area (Å²) < 4.78 is 0. The van der Waals surface area contributed by atoms with E-state index in [9.17, 15) is 0 Å². The predicted octanol–water partition coefficient (Wildman–Crippen LogP) is 3.27. The van der Waals surface area contributed by atoms with Gasteiger partial charge in [-0.1, -0.05) is 12.8 Å². The lowest BCUT2D eigenvalue weighted by Gasteiger charge is -2.45. The van der Waals surface area contributed by atoms with Gasteiger partial charge in [-0.2, -0.15) is 0 Å². The van der Waals surface area contributed by atoms with Crippen LogP contribution in [0.5, 0.6) is 0 Å². The van der Waals surface area contributed by atoms with E-state index in [1.165, 1.54) is 56.5 Å². The van der Waals surface area contributed by atoms with Crippen LogP contribution in [0.3, 0.4) is 0 Å². The summed E-state index contributed by atoms with van der Waals surface area (Å²) in [7, 11) is 2.01. The second kappa shape index (κ2) is 6.13. The summed E-state index contributed by atoms with van der Waals surface area (Å²) in [5, 5.41) is 3.25. The number of anilines is 1. The number of pyridine rings is 1. The number of rotatable bonds is 3. The third kappa shape index (κ3) is 2.83. The summed E-state index contributed by atoms with van der Waals surface area (Å²) in [4.78, 5) is 7.44. The van der Waals surface area contributed by atoms with Gasteiger partial charge in [0.25, 0.3) is 0 Å². The molecule has 1 aromatic heterocycles. The Morgan fingerprint density at radius 3 is 2.85 bits per heavy atom. The van der Waals surface area contributed by atoms with E-state index < -0.39 is 0 Å². The lowest BCUT2D eigenvalue weighted by molar-refractivity contribution is 0.242. The number of nitrogens with one attached hydrogen (secondary N) is 1. The number of nitrogens with zero attached hydrogens (tertiary/aromatic N) is 2. The molecule has 1 aliphatic heterocycles. The number of aromatic nitrogens is 1. The second-order valence-corrected chi connectivity index (χ2v) is 6.45. The molecule has 1 aromatic rings. The zero-order valence-corrected chi connectivity index (χ0v) is 12.9. The maximum absolute atomic E-state index is 4.83. The lowest BCUT2D eigenvalue weighted by atomic mass is 9.78. The van der Waals surface area contributed by atoms with Crippen molar-refractivity contribution in [3.8, 4) is 0 Å². The monoisotopic (exact) mass is 273 g/mol. The highest BCUT2D eigenvalue weighted by Gasteiger charge is 2.33. The molecule has 2 aliphatic rings. The summed E-state index contributed by atoms with van der Waals surface area (Å²) in [5.41, 5.74) is 2.50. The molecule has 0 unspecified atom stereocenters. The van der Waals surface area contributed by atoms with Gasteiger partial charge in [-0.25, -0.2) is 4.98 Å². The van der Waals surface area contributed by atoms with Crippen LogP contribution in [-0.4, -0.2) is 24.6 Å². The first-order valence-electron chi connectivity index (χ1n) is 8.17. The van der Waals surface area contributed by atoms with Gasteiger partial charge in [-0.15, -0.1) is 0 Å². The molecule has 0 bridgehead atoms. The molecule has 2 heterocycles. The van der Waals surface area contributed by atoms with E-state index >= 15 is 0 Å². The molecule has 2 fully saturated rings. The molecule has 3 rings (SSSR count). The fourth-order valence-electron chi connectivity index (χ4n) is 4.08. The van der Waals surface area contributed by atoms with E-state index in [4.69, 9.17) is 4.98 Å². The molecule has 1 saturated heterocycles. The molecule has 3 heteroatoms. The zero-order valence-electron chi connectivity index (χ0n) is 12.9. The molecular formula is C17H27N3. The van der Waals surface area contributed by atoms with E-state index in [1.807, 2.05) is 7.05 Å². The van der Waals surface area contributed by atoms with Gasteiger partial charge in [0, 0.05) is 24.8 Å². The van der Waals surface area contributed by atoms with Gasteiger partial charge in [0.1, 0.15) is 5.82 Å². The van der Waals surface area contributed by atoms with E-state index in [0.717, 1.165) is 24.2 Å². The number of fused-ring (bicyclic) bond motifs is 1. The molecule has 20 heavy (non-hydrogen) atoms. The summed E-state index contributed by atoms with van der Waals surface area (Å²) >= 11 is 0. The first-order valence-corrected chi connectivity index (χ1v) is 8.17. The minimum Gasteiger partial charge on any atom is -0.353 e. The number of piperidine rings is 1. The quantitative estimate of drug-likeness (QED) is 0.916. The van der Waals surface area contributed by atoms with Gasteiger partial charge >= 0.3 is 0 Å².